The van der Waals surface area contributed by atoms with Crippen molar-refractivity contribution in [3.8, 4) is 10.6 Å². The van der Waals surface area contributed by atoms with Crippen LogP contribution in [0.25, 0.3) is 10.6 Å². The molecule has 1 aromatic heterocycles. The fraction of sp³-hybridized carbons (Fsp3) is 0.375. The van der Waals surface area contributed by atoms with Gasteiger partial charge in [-0.05, 0) is 12.1 Å². The molecule has 0 saturated heterocycles. The lowest BCUT2D eigenvalue weighted by molar-refractivity contribution is -0.120. The molecule has 2 rings (SSSR count). The molecule has 0 fully saturated rings. The Morgan fingerprint density at radius 3 is 3.00 bits per heavy atom. The second-order valence-electron chi connectivity index (χ2n) is 4.92. The highest BCUT2D eigenvalue weighted by molar-refractivity contribution is 7.13. The van der Waals surface area contributed by atoms with Crippen LogP contribution in [-0.2, 0) is 16.0 Å². The van der Waals surface area contributed by atoms with Gasteiger partial charge < -0.3 is 15.4 Å². The third-order valence-corrected chi connectivity index (χ3v) is 4.01. The van der Waals surface area contributed by atoms with E-state index in [2.05, 4.69) is 15.6 Å². The summed E-state index contributed by atoms with van der Waals surface area (Å²) in [4.78, 5) is 16.2. The zero-order chi connectivity index (χ0) is 16.5. The third-order valence-electron chi connectivity index (χ3n) is 3.07. The average Bonchev–Trinajstić information content (AvgIpc) is 2.99. The Morgan fingerprint density at radius 1 is 1.35 bits per heavy atom. The second-order valence-corrected chi connectivity index (χ2v) is 5.78. The van der Waals surface area contributed by atoms with Crippen LogP contribution >= 0.6 is 11.3 Å². The van der Waals surface area contributed by atoms with E-state index in [1.165, 1.54) is 23.5 Å². The molecule has 2 N–H and O–H groups in total. The van der Waals surface area contributed by atoms with E-state index < -0.39 is 0 Å². The van der Waals surface area contributed by atoms with Crippen LogP contribution in [0.3, 0.4) is 0 Å². The summed E-state index contributed by atoms with van der Waals surface area (Å²) in [6, 6.07) is 6.28. The summed E-state index contributed by atoms with van der Waals surface area (Å²) in [5.74, 6) is -0.368. The molecule has 0 bridgehead atoms. The fourth-order valence-corrected chi connectivity index (χ4v) is 2.78. The van der Waals surface area contributed by atoms with Crippen molar-refractivity contribution in [3.05, 3.63) is 41.2 Å². The molecule has 0 spiro atoms. The molecule has 0 saturated carbocycles. The van der Waals surface area contributed by atoms with Crippen molar-refractivity contribution in [1.29, 1.82) is 0 Å². The lowest BCUT2D eigenvalue weighted by atomic mass is 10.2. The van der Waals surface area contributed by atoms with Crippen LogP contribution < -0.4 is 10.6 Å². The van der Waals surface area contributed by atoms with Crippen LogP contribution in [0.1, 0.15) is 5.69 Å². The number of aromatic nitrogens is 1. The number of hydrogen-bond donors (Lipinski definition) is 2. The van der Waals surface area contributed by atoms with Gasteiger partial charge in [-0.3, -0.25) is 4.79 Å². The molecule has 0 aliphatic heterocycles. The number of ether oxygens (including phenoxy) is 1. The zero-order valence-electron chi connectivity index (χ0n) is 13.0. The van der Waals surface area contributed by atoms with E-state index in [1.807, 2.05) is 5.38 Å². The van der Waals surface area contributed by atoms with Gasteiger partial charge in [-0.2, -0.15) is 0 Å². The van der Waals surface area contributed by atoms with E-state index >= 15 is 0 Å². The lowest BCUT2D eigenvalue weighted by Crippen LogP contribution is -2.33. The number of thiazole rings is 1. The smallest absolute Gasteiger partial charge is 0.226 e. The van der Waals surface area contributed by atoms with Gasteiger partial charge in [-0.15, -0.1) is 11.3 Å². The second kappa shape index (κ2) is 9.34. The number of amides is 1. The molecule has 23 heavy (non-hydrogen) atoms. The van der Waals surface area contributed by atoms with Crippen LogP contribution in [0.2, 0.25) is 0 Å². The van der Waals surface area contributed by atoms with E-state index in [4.69, 9.17) is 4.74 Å². The zero-order valence-corrected chi connectivity index (χ0v) is 13.8. The van der Waals surface area contributed by atoms with E-state index in [-0.39, 0.29) is 18.1 Å². The predicted octanol–water partition coefficient (Wildman–Crippen LogP) is 1.84. The Hall–Kier alpha value is -1.83. The quantitative estimate of drug-likeness (QED) is 0.686. The number of halogens is 1. The molecule has 0 aliphatic carbocycles. The maximum atomic E-state index is 13.2. The molecule has 1 aromatic carbocycles. The van der Waals surface area contributed by atoms with E-state index in [0.717, 1.165) is 12.1 Å². The first-order chi connectivity index (χ1) is 11.2. The summed E-state index contributed by atoms with van der Waals surface area (Å²) in [5.41, 5.74) is 1.42. The summed E-state index contributed by atoms with van der Waals surface area (Å²) >= 11 is 1.41. The Kier molecular flexibility index (Phi) is 7.12. The number of rotatable bonds is 9. The minimum atomic E-state index is -0.294. The largest absolute Gasteiger partial charge is 0.383 e. The number of carbonyl (C=O) groups is 1. The van der Waals surface area contributed by atoms with Crippen molar-refractivity contribution in [2.75, 3.05) is 33.4 Å². The normalized spacial score (nSPS) is 10.7. The molecule has 5 nitrogen and oxygen atoms in total. The Morgan fingerprint density at radius 2 is 2.22 bits per heavy atom. The molecule has 0 atom stereocenters. The minimum Gasteiger partial charge on any atom is -0.383 e. The van der Waals surface area contributed by atoms with Gasteiger partial charge in [0.05, 0.1) is 18.7 Å². The van der Waals surface area contributed by atoms with Crippen LogP contribution in [0.15, 0.2) is 29.6 Å². The molecule has 1 heterocycles. The van der Waals surface area contributed by atoms with Gasteiger partial charge >= 0.3 is 0 Å². The summed E-state index contributed by atoms with van der Waals surface area (Å²) in [6.07, 6.45) is 0.226. The molecule has 0 radical (unpaired) electrons. The van der Waals surface area contributed by atoms with Crippen LogP contribution in [0, 0.1) is 5.82 Å². The molecule has 0 aliphatic rings. The SMILES string of the molecule is COCCNCCNC(=O)Cc1csc(-c2cccc(F)c2)n1. The minimum absolute atomic E-state index is 0.0744. The first kappa shape index (κ1) is 17.5. The third kappa shape index (κ3) is 6.05. The molecule has 2 aromatic rings. The van der Waals surface area contributed by atoms with Gasteiger partial charge in [0.2, 0.25) is 5.91 Å². The van der Waals surface area contributed by atoms with Gasteiger partial charge in [0.15, 0.2) is 0 Å². The first-order valence-electron chi connectivity index (χ1n) is 7.35. The van der Waals surface area contributed by atoms with Crippen molar-refractivity contribution < 1.29 is 13.9 Å². The highest BCUT2D eigenvalue weighted by Crippen LogP contribution is 2.24. The summed E-state index contributed by atoms with van der Waals surface area (Å²) in [5, 5.41) is 8.52. The van der Waals surface area contributed by atoms with E-state index in [1.54, 1.807) is 19.2 Å². The van der Waals surface area contributed by atoms with Crippen molar-refractivity contribution >= 4 is 17.2 Å². The van der Waals surface area contributed by atoms with Gasteiger partial charge in [-0.25, -0.2) is 9.37 Å². The van der Waals surface area contributed by atoms with Crippen molar-refractivity contribution in [1.82, 2.24) is 15.6 Å². The standard InChI is InChI=1S/C16H20FN3O2S/c1-22-8-7-18-5-6-19-15(21)10-14-11-23-16(20-14)12-3-2-4-13(17)9-12/h2-4,9,11,18H,5-8,10H2,1H3,(H,19,21). The summed E-state index contributed by atoms with van der Waals surface area (Å²) < 4.78 is 18.1. The van der Waals surface area contributed by atoms with Gasteiger partial charge in [-0.1, -0.05) is 12.1 Å². The Bertz CT molecular complexity index is 633. The molecular formula is C16H20FN3O2S. The maximum Gasteiger partial charge on any atom is 0.226 e. The van der Waals surface area contributed by atoms with Crippen molar-refractivity contribution in [2.24, 2.45) is 0 Å². The fourth-order valence-electron chi connectivity index (χ4n) is 1.96. The first-order valence-corrected chi connectivity index (χ1v) is 8.23. The Labute approximate surface area is 138 Å². The number of nitrogens with zero attached hydrogens (tertiary/aromatic N) is 1. The summed E-state index contributed by atoms with van der Waals surface area (Å²) in [7, 11) is 1.65. The lowest BCUT2D eigenvalue weighted by Gasteiger charge is -2.05. The van der Waals surface area contributed by atoms with Gasteiger partial charge in [0.25, 0.3) is 0 Å². The molecule has 0 unspecified atom stereocenters. The van der Waals surface area contributed by atoms with Crippen LogP contribution in [0.4, 0.5) is 4.39 Å². The van der Waals surface area contributed by atoms with Crippen LogP contribution in [0.5, 0.6) is 0 Å². The monoisotopic (exact) mass is 337 g/mol. The van der Waals surface area contributed by atoms with Crippen LogP contribution in [-0.4, -0.2) is 44.2 Å². The average molecular weight is 337 g/mol. The molecular weight excluding hydrogens is 317 g/mol. The van der Waals surface area contributed by atoms with E-state index in [9.17, 15) is 9.18 Å². The van der Waals surface area contributed by atoms with Crippen molar-refractivity contribution in [3.63, 3.8) is 0 Å². The Balaban J connectivity index is 1.77. The molecule has 1 amide bonds. The number of hydrogen-bond acceptors (Lipinski definition) is 5. The maximum absolute atomic E-state index is 13.2. The summed E-state index contributed by atoms with van der Waals surface area (Å²) in [6.45, 7) is 2.66. The number of nitrogens with one attached hydrogen (secondary N) is 2. The highest BCUT2D eigenvalue weighted by Gasteiger charge is 2.09. The van der Waals surface area contributed by atoms with E-state index in [0.29, 0.717) is 30.4 Å². The number of carbonyl (C=O) groups excluding carboxylic acids is 1. The number of methoxy groups -OCH3 is 1. The number of benzene rings is 1. The predicted molar refractivity (Wildman–Crippen MR) is 89.0 cm³/mol. The highest BCUT2D eigenvalue weighted by atomic mass is 32.1. The topological polar surface area (TPSA) is 63.2 Å². The molecule has 124 valence electrons. The molecule has 7 heteroatoms. The van der Waals surface area contributed by atoms with Gasteiger partial charge in [0.1, 0.15) is 10.8 Å². The van der Waals surface area contributed by atoms with Crippen molar-refractivity contribution in [2.45, 2.75) is 6.42 Å². The van der Waals surface area contributed by atoms with Gasteiger partial charge in [0, 0.05) is 37.7 Å².